The summed E-state index contributed by atoms with van der Waals surface area (Å²) in [4.78, 5) is 29.4. The minimum atomic E-state index is -0.676. The number of aromatic nitrogens is 2. The van der Waals surface area contributed by atoms with Crippen molar-refractivity contribution >= 4 is 28.6 Å². The van der Waals surface area contributed by atoms with Crippen molar-refractivity contribution in [3.63, 3.8) is 0 Å². The second-order valence-electron chi connectivity index (χ2n) is 6.82. The van der Waals surface area contributed by atoms with Gasteiger partial charge >= 0.3 is 5.97 Å². The van der Waals surface area contributed by atoms with Gasteiger partial charge in [0, 0.05) is 5.75 Å². The second kappa shape index (κ2) is 9.71. The number of methoxy groups -OCH3 is 1. The van der Waals surface area contributed by atoms with Gasteiger partial charge in [0.1, 0.15) is 0 Å². The molecule has 0 saturated heterocycles. The zero-order chi connectivity index (χ0) is 20.8. The van der Waals surface area contributed by atoms with Gasteiger partial charge in [0.25, 0.3) is 5.56 Å². The minimum Gasteiger partial charge on any atom is -0.465 e. The number of ether oxygens (including phenoxy) is 1. The van der Waals surface area contributed by atoms with Crippen LogP contribution in [0.25, 0.3) is 10.9 Å². The fourth-order valence-corrected chi connectivity index (χ4v) is 4.01. The van der Waals surface area contributed by atoms with E-state index in [0.29, 0.717) is 21.6 Å². The lowest BCUT2D eigenvalue weighted by molar-refractivity contribution is 0.0601. The average Bonchev–Trinajstić information content (AvgIpc) is 2.73. The molecular formula is C22H24N2O4S. The third-order valence-electron chi connectivity index (χ3n) is 4.47. The molecule has 0 radical (unpaired) electrons. The van der Waals surface area contributed by atoms with Crippen LogP contribution in [0.4, 0.5) is 0 Å². The van der Waals surface area contributed by atoms with Gasteiger partial charge in [0.15, 0.2) is 5.16 Å². The van der Waals surface area contributed by atoms with Crippen molar-refractivity contribution in [2.24, 2.45) is 0 Å². The lowest BCUT2D eigenvalue weighted by Crippen LogP contribution is -2.28. The van der Waals surface area contributed by atoms with Crippen molar-refractivity contribution in [2.45, 2.75) is 37.6 Å². The van der Waals surface area contributed by atoms with Crippen LogP contribution >= 0.6 is 11.8 Å². The third-order valence-corrected chi connectivity index (χ3v) is 5.53. The normalized spacial score (nSPS) is 12.1. The molecule has 0 bridgehead atoms. The highest BCUT2D eigenvalue weighted by Gasteiger charge is 2.15. The predicted octanol–water partition coefficient (Wildman–Crippen LogP) is 3.29. The number of benzene rings is 2. The number of rotatable bonds is 8. The Kier molecular flexibility index (Phi) is 7.06. The first-order chi connectivity index (χ1) is 14.0. The van der Waals surface area contributed by atoms with E-state index in [-0.39, 0.29) is 12.1 Å². The molecule has 6 nitrogen and oxygen atoms in total. The molecule has 2 aromatic carbocycles. The van der Waals surface area contributed by atoms with Crippen LogP contribution in [-0.2, 0) is 17.7 Å². The van der Waals surface area contributed by atoms with Crippen molar-refractivity contribution in [3.05, 3.63) is 70.0 Å². The van der Waals surface area contributed by atoms with Crippen LogP contribution in [0.15, 0.2) is 58.5 Å². The van der Waals surface area contributed by atoms with Gasteiger partial charge in [-0.2, -0.15) is 0 Å². The van der Waals surface area contributed by atoms with E-state index < -0.39 is 12.1 Å². The SMILES string of the molecule is COC(=O)c1ccc2c(=O)n(C[C@H](C)O)c(SCCCc3ccccc3)nc2c1. The number of carbonyl (C=O) groups excluding carboxylic acids is 1. The number of aliphatic hydroxyl groups excluding tert-OH is 1. The minimum absolute atomic E-state index is 0.168. The van der Waals surface area contributed by atoms with Crippen molar-refractivity contribution in [1.29, 1.82) is 0 Å². The maximum Gasteiger partial charge on any atom is 0.337 e. The summed E-state index contributed by atoms with van der Waals surface area (Å²) in [6.45, 7) is 1.81. The molecule has 3 aromatic rings. The highest BCUT2D eigenvalue weighted by molar-refractivity contribution is 7.99. The number of thioether (sulfide) groups is 1. The number of fused-ring (bicyclic) bond motifs is 1. The largest absolute Gasteiger partial charge is 0.465 e. The van der Waals surface area contributed by atoms with Crippen LogP contribution in [-0.4, -0.2) is 39.6 Å². The maximum atomic E-state index is 13.0. The van der Waals surface area contributed by atoms with Crippen LogP contribution in [0.1, 0.15) is 29.3 Å². The summed E-state index contributed by atoms with van der Waals surface area (Å²) in [6, 6.07) is 14.9. The summed E-state index contributed by atoms with van der Waals surface area (Å²) >= 11 is 1.48. The topological polar surface area (TPSA) is 81.4 Å². The molecule has 0 aliphatic carbocycles. The van der Waals surface area contributed by atoms with E-state index in [2.05, 4.69) is 17.1 Å². The molecular weight excluding hydrogens is 388 g/mol. The number of nitrogens with zero attached hydrogens (tertiary/aromatic N) is 2. The number of aliphatic hydroxyl groups is 1. The van der Waals surface area contributed by atoms with Gasteiger partial charge in [-0.1, -0.05) is 42.1 Å². The van der Waals surface area contributed by atoms with Crippen molar-refractivity contribution in [2.75, 3.05) is 12.9 Å². The number of aryl methyl sites for hydroxylation is 1. The lowest BCUT2D eigenvalue weighted by Gasteiger charge is -2.15. The molecule has 7 heteroatoms. The zero-order valence-corrected chi connectivity index (χ0v) is 17.3. The Labute approximate surface area is 173 Å². The Bertz CT molecular complexity index is 1050. The first kappa shape index (κ1) is 21.1. The van der Waals surface area contributed by atoms with Gasteiger partial charge in [-0.3, -0.25) is 9.36 Å². The van der Waals surface area contributed by atoms with Gasteiger partial charge in [0.05, 0.1) is 36.2 Å². The number of hydrogen-bond donors (Lipinski definition) is 1. The molecule has 152 valence electrons. The summed E-state index contributed by atoms with van der Waals surface area (Å²) in [6.07, 6.45) is 1.19. The molecule has 0 saturated carbocycles. The van der Waals surface area contributed by atoms with Gasteiger partial charge < -0.3 is 9.84 Å². The van der Waals surface area contributed by atoms with E-state index in [4.69, 9.17) is 4.74 Å². The summed E-state index contributed by atoms with van der Waals surface area (Å²) in [7, 11) is 1.31. The monoisotopic (exact) mass is 412 g/mol. The molecule has 0 aliphatic rings. The van der Waals surface area contributed by atoms with Gasteiger partial charge in [-0.15, -0.1) is 0 Å². The van der Waals surface area contributed by atoms with Crippen LogP contribution in [0.2, 0.25) is 0 Å². The Morgan fingerprint density at radius 2 is 2.00 bits per heavy atom. The molecule has 3 rings (SSSR count). The van der Waals surface area contributed by atoms with Crippen LogP contribution in [0.3, 0.4) is 0 Å². The van der Waals surface area contributed by atoms with E-state index in [1.54, 1.807) is 25.1 Å². The molecule has 0 fully saturated rings. The molecule has 29 heavy (non-hydrogen) atoms. The van der Waals surface area contributed by atoms with Gasteiger partial charge in [0.2, 0.25) is 0 Å². The summed E-state index contributed by atoms with van der Waals surface area (Å²) in [5.74, 6) is 0.308. The fourth-order valence-electron chi connectivity index (χ4n) is 3.07. The van der Waals surface area contributed by atoms with Crippen LogP contribution in [0.5, 0.6) is 0 Å². The average molecular weight is 413 g/mol. The number of hydrogen-bond acceptors (Lipinski definition) is 6. The second-order valence-corrected chi connectivity index (χ2v) is 7.88. The van der Waals surface area contributed by atoms with Crippen molar-refractivity contribution in [3.8, 4) is 0 Å². The molecule has 0 spiro atoms. The summed E-state index contributed by atoms with van der Waals surface area (Å²) in [5, 5.41) is 10.8. The Hall–Kier alpha value is -2.64. The Morgan fingerprint density at radius 1 is 1.24 bits per heavy atom. The first-order valence-corrected chi connectivity index (χ1v) is 10.5. The lowest BCUT2D eigenvalue weighted by atomic mass is 10.1. The predicted molar refractivity (Wildman–Crippen MR) is 115 cm³/mol. The molecule has 1 aromatic heterocycles. The molecule has 1 heterocycles. The van der Waals surface area contributed by atoms with Gasteiger partial charge in [-0.25, -0.2) is 9.78 Å². The fraction of sp³-hybridized carbons (Fsp3) is 0.318. The first-order valence-electron chi connectivity index (χ1n) is 9.47. The van der Waals surface area contributed by atoms with Crippen LogP contribution in [0, 0.1) is 0 Å². The molecule has 0 aliphatic heterocycles. The molecule has 1 atom stereocenters. The highest BCUT2D eigenvalue weighted by Crippen LogP contribution is 2.21. The maximum absolute atomic E-state index is 13.0. The third kappa shape index (κ3) is 5.25. The van der Waals surface area contributed by atoms with E-state index in [1.807, 2.05) is 18.2 Å². The number of esters is 1. The number of carbonyl (C=O) groups is 1. The highest BCUT2D eigenvalue weighted by atomic mass is 32.2. The molecule has 0 amide bonds. The zero-order valence-electron chi connectivity index (χ0n) is 16.5. The van der Waals surface area contributed by atoms with Gasteiger partial charge in [-0.05, 0) is 43.5 Å². The molecule has 1 N–H and O–H groups in total. The van der Waals surface area contributed by atoms with E-state index in [1.165, 1.54) is 29.0 Å². The van der Waals surface area contributed by atoms with E-state index >= 15 is 0 Å². The van der Waals surface area contributed by atoms with Crippen molar-refractivity contribution < 1.29 is 14.6 Å². The summed E-state index contributed by atoms with van der Waals surface area (Å²) in [5.41, 5.74) is 1.84. The van der Waals surface area contributed by atoms with Crippen LogP contribution < -0.4 is 5.56 Å². The quantitative estimate of drug-likeness (QED) is 0.265. The Morgan fingerprint density at radius 3 is 2.69 bits per heavy atom. The van der Waals surface area contributed by atoms with Crippen molar-refractivity contribution in [1.82, 2.24) is 9.55 Å². The van der Waals surface area contributed by atoms with E-state index in [9.17, 15) is 14.7 Å². The smallest absolute Gasteiger partial charge is 0.337 e. The van der Waals surface area contributed by atoms with E-state index in [0.717, 1.165) is 18.6 Å². The summed E-state index contributed by atoms with van der Waals surface area (Å²) < 4.78 is 6.27. The standard InChI is InChI=1S/C22H24N2O4S/c1-15(25)14-24-20(26)18-11-10-17(21(27)28-2)13-19(18)23-22(24)29-12-6-9-16-7-4-3-5-8-16/h3-5,7-8,10-11,13,15,25H,6,9,12,14H2,1-2H3/t15-/m0/s1. The molecule has 0 unspecified atom stereocenters. The Balaban J connectivity index is 1.87.